The minimum atomic E-state index is -0.247. The van der Waals surface area contributed by atoms with E-state index in [0.717, 1.165) is 5.56 Å². The van der Waals surface area contributed by atoms with E-state index in [4.69, 9.17) is 11.1 Å². The molecule has 18 heavy (non-hydrogen) atoms. The van der Waals surface area contributed by atoms with Crippen molar-refractivity contribution in [3.05, 3.63) is 34.1 Å². The molecule has 0 radical (unpaired) electrons. The van der Waals surface area contributed by atoms with Crippen molar-refractivity contribution in [3.8, 4) is 0 Å². The van der Waals surface area contributed by atoms with Gasteiger partial charge in [-0.2, -0.15) is 0 Å². The molecule has 0 aliphatic heterocycles. The molecule has 0 amide bonds. The van der Waals surface area contributed by atoms with Crippen molar-refractivity contribution in [3.63, 3.8) is 0 Å². The standard InChI is InChI=1S/C13H19BrFN3/c1-9(2)18(7-6-12(16)17)8-10-4-3-5-11(15)13(10)14/h3-5,9H,6-8H2,1-2H3,(H3,16,17). The summed E-state index contributed by atoms with van der Waals surface area (Å²) in [5.41, 5.74) is 6.29. The van der Waals surface area contributed by atoms with Crippen LogP contribution in [0.15, 0.2) is 22.7 Å². The highest BCUT2D eigenvalue weighted by molar-refractivity contribution is 9.10. The molecule has 3 nitrogen and oxygen atoms in total. The van der Waals surface area contributed by atoms with E-state index >= 15 is 0 Å². The molecule has 1 aromatic carbocycles. The van der Waals surface area contributed by atoms with Crippen molar-refractivity contribution < 1.29 is 4.39 Å². The molecule has 0 heterocycles. The Hall–Kier alpha value is -0.940. The van der Waals surface area contributed by atoms with Gasteiger partial charge >= 0.3 is 0 Å². The summed E-state index contributed by atoms with van der Waals surface area (Å²) in [6, 6.07) is 5.36. The molecule has 0 unspecified atom stereocenters. The van der Waals surface area contributed by atoms with E-state index < -0.39 is 0 Å². The molecule has 0 atom stereocenters. The fraction of sp³-hybridized carbons (Fsp3) is 0.462. The number of nitrogens with one attached hydrogen (secondary N) is 1. The van der Waals surface area contributed by atoms with Crippen molar-refractivity contribution in [2.45, 2.75) is 32.9 Å². The lowest BCUT2D eigenvalue weighted by molar-refractivity contribution is 0.218. The molecule has 0 spiro atoms. The van der Waals surface area contributed by atoms with Crippen molar-refractivity contribution in [1.29, 1.82) is 5.41 Å². The van der Waals surface area contributed by atoms with Gasteiger partial charge in [0.2, 0.25) is 0 Å². The van der Waals surface area contributed by atoms with Gasteiger partial charge in [0.1, 0.15) is 5.82 Å². The van der Waals surface area contributed by atoms with Gasteiger partial charge < -0.3 is 5.73 Å². The highest BCUT2D eigenvalue weighted by Crippen LogP contribution is 2.22. The van der Waals surface area contributed by atoms with Crippen LogP contribution in [0.25, 0.3) is 0 Å². The lowest BCUT2D eigenvalue weighted by Crippen LogP contribution is -2.33. The lowest BCUT2D eigenvalue weighted by atomic mass is 10.1. The monoisotopic (exact) mass is 315 g/mol. The number of hydrogen-bond acceptors (Lipinski definition) is 2. The topological polar surface area (TPSA) is 53.1 Å². The number of hydrogen-bond donors (Lipinski definition) is 2. The number of rotatable bonds is 6. The van der Waals surface area contributed by atoms with Gasteiger partial charge in [-0.15, -0.1) is 0 Å². The molecule has 0 saturated carbocycles. The van der Waals surface area contributed by atoms with Gasteiger partial charge in [-0.1, -0.05) is 12.1 Å². The van der Waals surface area contributed by atoms with E-state index in [0.29, 0.717) is 30.0 Å². The third-order valence-electron chi connectivity index (χ3n) is 2.80. The third-order valence-corrected chi connectivity index (χ3v) is 3.69. The molecule has 0 aliphatic carbocycles. The summed E-state index contributed by atoms with van der Waals surface area (Å²) in [7, 11) is 0. The summed E-state index contributed by atoms with van der Waals surface area (Å²) in [4.78, 5) is 2.17. The first-order chi connectivity index (χ1) is 8.41. The molecule has 1 rings (SSSR count). The van der Waals surface area contributed by atoms with Gasteiger partial charge in [0.15, 0.2) is 0 Å². The zero-order valence-electron chi connectivity index (χ0n) is 10.7. The van der Waals surface area contributed by atoms with E-state index in [1.807, 2.05) is 6.07 Å². The molecular formula is C13H19BrFN3. The van der Waals surface area contributed by atoms with Crippen LogP contribution in [0.4, 0.5) is 4.39 Å². The maximum Gasteiger partial charge on any atom is 0.137 e. The summed E-state index contributed by atoms with van der Waals surface area (Å²) in [6.45, 7) is 5.50. The Kier molecular flexibility index (Phi) is 5.75. The third kappa shape index (κ3) is 4.38. The van der Waals surface area contributed by atoms with E-state index in [1.54, 1.807) is 6.07 Å². The molecule has 1 aromatic rings. The van der Waals surface area contributed by atoms with Crippen molar-refractivity contribution in [2.24, 2.45) is 5.73 Å². The Labute approximate surface area is 116 Å². The summed E-state index contributed by atoms with van der Waals surface area (Å²) < 4.78 is 13.9. The van der Waals surface area contributed by atoms with E-state index in [2.05, 4.69) is 34.7 Å². The number of nitrogens with two attached hydrogens (primary N) is 1. The van der Waals surface area contributed by atoms with Gasteiger partial charge in [-0.05, 0) is 41.4 Å². The second kappa shape index (κ2) is 6.85. The molecule has 5 heteroatoms. The van der Waals surface area contributed by atoms with Crippen molar-refractivity contribution >= 4 is 21.8 Å². The zero-order valence-corrected chi connectivity index (χ0v) is 12.3. The van der Waals surface area contributed by atoms with E-state index in [-0.39, 0.29) is 11.7 Å². The first-order valence-electron chi connectivity index (χ1n) is 5.91. The van der Waals surface area contributed by atoms with Crippen LogP contribution >= 0.6 is 15.9 Å². The maximum atomic E-state index is 13.4. The van der Waals surface area contributed by atoms with Crippen LogP contribution in [0.2, 0.25) is 0 Å². The van der Waals surface area contributed by atoms with E-state index in [1.165, 1.54) is 6.07 Å². The molecular weight excluding hydrogens is 297 g/mol. The fourth-order valence-corrected chi connectivity index (χ4v) is 2.06. The molecule has 0 fully saturated rings. The smallest absolute Gasteiger partial charge is 0.137 e. The second-order valence-electron chi connectivity index (χ2n) is 4.55. The normalized spacial score (nSPS) is 11.2. The highest BCUT2D eigenvalue weighted by atomic mass is 79.9. The van der Waals surface area contributed by atoms with Crippen LogP contribution in [0.5, 0.6) is 0 Å². The predicted molar refractivity (Wildman–Crippen MR) is 76.2 cm³/mol. The van der Waals surface area contributed by atoms with Crippen LogP contribution in [-0.2, 0) is 6.54 Å². The van der Waals surface area contributed by atoms with E-state index in [9.17, 15) is 4.39 Å². The number of benzene rings is 1. The summed E-state index contributed by atoms with van der Waals surface area (Å²) in [5.74, 6) is -0.0678. The van der Waals surface area contributed by atoms with Gasteiger partial charge in [0.25, 0.3) is 0 Å². The SMILES string of the molecule is CC(C)N(CCC(=N)N)Cc1cccc(F)c1Br. The number of halogens is 2. The molecule has 0 bridgehead atoms. The summed E-state index contributed by atoms with van der Waals surface area (Å²) in [6.07, 6.45) is 0.533. The number of amidine groups is 1. The fourth-order valence-electron chi connectivity index (χ4n) is 1.67. The predicted octanol–water partition coefficient (Wildman–Crippen LogP) is 3.12. The Morgan fingerprint density at radius 2 is 2.17 bits per heavy atom. The summed E-state index contributed by atoms with van der Waals surface area (Å²) in [5, 5.41) is 7.27. The Morgan fingerprint density at radius 1 is 1.50 bits per heavy atom. The minimum Gasteiger partial charge on any atom is -0.388 e. The second-order valence-corrected chi connectivity index (χ2v) is 5.35. The van der Waals surface area contributed by atoms with Gasteiger partial charge in [-0.3, -0.25) is 10.3 Å². The Bertz CT molecular complexity index is 421. The van der Waals surface area contributed by atoms with Crippen LogP contribution in [0, 0.1) is 11.2 Å². The van der Waals surface area contributed by atoms with Crippen LogP contribution in [0.3, 0.4) is 0 Å². The molecule has 0 aliphatic rings. The van der Waals surface area contributed by atoms with Crippen LogP contribution in [-0.4, -0.2) is 23.3 Å². The molecule has 0 saturated heterocycles. The highest BCUT2D eigenvalue weighted by Gasteiger charge is 2.13. The summed E-state index contributed by atoms with van der Waals surface area (Å²) >= 11 is 3.27. The average Bonchev–Trinajstić information content (AvgIpc) is 2.29. The first kappa shape index (κ1) is 15.1. The quantitative estimate of drug-likeness (QED) is 0.626. The number of nitrogens with zero attached hydrogens (tertiary/aromatic N) is 1. The minimum absolute atomic E-state index is 0.180. The zero-order chi connectivity index (χ0) is 13.7. The largest absolute Gasteiger partial charge is 0.388 e. The Balaban J connectivity index is 2.77. The molecule has 0 aromatic heterocycles. The van der Waals surface area contributed by atoms with Crippen molar-refractivity contribution in [2.75, 3.05) is 6.54 Å². The van der Waals surface area contributed by atoms with Crippen LogP contribution < -0.4 is 5.73 Å². The van der Waals surface area contributed by atoms with Gasteiger partial charge in [0, 0.05) is 25.6 Å². The molecule has 3 N–H and O–H groups in total. The van der Waals surface area contributed by atoms with Gasteiger partial charge in [-0.25, -0.2) is 4.39 Å². The van der Waals surface area contributed by atoms with Crippen LogP contribution in [0.1, 0.15) is 25.8 Å². The molecule has 100 valence electrons. The first-order valence-corrected chi connectivity index (χ1v) is 6.71. The lowest BCUT2D eigenvalue weighted by Gasteiger charge is -2.26. The Morgan fingerprint density at radius 3 is 2.72 bits per heavy atom. The maximum absolute atomic E-state index is 13.4. The average molecular weight is 316 g/mol. The van der Waals surface area contributed by atoms with Crippen molar-refractivity contribution in [1.82, 2.24) is 4.90 Å². The van der Waals surface area contributed by atoms with Gasteiger partial charge in [0.05, 0.1) is 10.3 Å².